The molecule has 55 heavy (non-hydrogen) atoms. The van der Waals surface area contributed by atoms with E-state index in [0.717, 1.165) is 50.3 Å². The third-order valence-corrected chi connectivity index (χ3v) is 11.0. The van der Waals surface area contributed by atoms with Crippen LogP contribution in [0.15, 0.2) is 211 Å². The van der Waals surface area contributed by atoms with E-state index < -0.39 is 0 Å². The predicted molar refractivity (Wildman–Crippen MR) is 231 cm³/mol. The van der Waals surface area contributed by atoms with E-state index >= 15 is 0 Å². The highest BCUT2D eigenvalue weighted by Crippen LogP contribution is 2.47. The van der Waals surface area contributed by atoms with Crippen molar-refractivity contribution >= 4 is 71.6 Å². The summed E-state index contributed by atoms with van der Waals surface area (Å²) in [5.41, 5.74) is 13.3. The first-order chi connectivity index (χ1) is 27.3. The molecule has 0 atom stereocenters. The van der Waals surface area contributed by atoms with Crippen molar-refractivity contribution in [1.82, 2.24) is 4.57 Å². The lowest BCUT2D eigenvalue weighted by molar-refractivity contribution is 0.669. The van der Waals surface area contributed by atoms with Crippen LogP contribution >= 0.6 is 0 Å². The van der Waals surface area contributed by atoms with E-state index in [1.165, 1.54) is 49.3 Å². The molecule has 0 aliphatic carbocycles. The summed E-state index contributed by atoms with van der Waals surface area (Å²) >= 11 is 0. The van der Waals surface area contributed by atoms with E-state index in [9.17, 15) is 0 Å². The Bertz CT molecular complexity index is 3150. The third kappa shape index (κ3) is 4.98. The van der Waals surface area contributed by atoms with Crippen molar-refractivity contribution < 1.29 is 4.42 Å². The molecule has 0 spiro atoms. The van der Waals surface area contributed by atoms with E-state index in [0.29, 0.717) is 0 Å². The highest BCUT2D eigenvalue weighted by Gasteiger charge is 2.22. The van der Waals surface area contributed by atoms with Crippen molar-refractivity contribution in [3.8, 4) is 27.9 Å². The van der Waals surface area contributed by atoms with E-state index in [4.69, 9.17) is 4.42 Å². The smallest absolute Gasteiger partial charge is 0.137 e. The van der Waals surface area contributed by atoms with Crippen LogP contribution in [0.1, 0.15) is 0 Å². The number of anilines is 3. The maximum absolute atomic E-state index is 6.44. The number of benzene rings is 9. The Balaban J connectivity index is 1.12. The van der Waals surface area contributed by atoms with Crippen LogP contribution in [-0.2, 0) is 0 Å². The minimum atomic E-state index is 0.866. The fourth-order valence-electron chi connectivity index (χ4n) is 8.58. The van der Waals surface area contributed by atoms with Gasteiger partial charge in [-0.05, 0) is 76.7 Å². The Morgan fingerprint density at radius 3 is 1.69 bits per heavy atom. The van der Waals surface area contributed by atoms with Gasteiger partial charge in [-0.15, -0.1) is 0 Å². The molecule has 3 heteroatoms. The van der Waals surface area contributed by atoms with Crippen LogP contribution in [0.2, 0.25) is 0 Å². The second-order valence-electron chi connectivity index (χ2n) is 14.1. The number of fused-ring (bicyclic) bond motifs is 7. The topological polar surface area (TPSA) is 21.3 Å². The van der Waals surface area contributed by atoms with Crippen LogP contribution in [-0.4, -0.2) is 4.57 Å². The second kappa shape index (κ2) is 12.6. The van der Waals surface area contributed by atoms with Crippen molar-refractivity contribution in [3.63, 3.8) is 0 Å². The molecule has 0 radical (unpaired) electrons. The molecule has 0 aliphatic rings. The van der Waals surface area contributed by atoms with Crippen molar-refractivity contribution in [2.75, 3.05) is 4.90 Å². The number of rotatable bonds is 6. The van der Waals surface area contributed by atoms with E-state index in [1.54, 1.807) is 0 Å². The van der Waals surface area contributed by atoms with Gasteiger partial charge >= 0.3 is 0 Å². The maximum Gasteiger partial charge on any atom is 0.137 e. The van der Waals surface area contributed by atoms with Gasteiger partial charge in [0.25, 0.3) is 0 Å². The van der Waals surface area contributed by atoms with Gasteiger partial charge in [-0.25, -0.2) is 0 Å². The lowest BCUT2D eigenvalue weighted by Crippen LogP contribution is -2.11. The summed E-state index contributed by atoms with van der Waals surface area (Å²) in [6.07, 6.45) is 0. The van der Waals surface area contributed by atoms with Crippen molar-refractivity contribution in [2.24, 2.45) is 0 Å². The first-order valence-corrected chi connectivity index (χ1v) is 18.8. The van der Waals surface area contributed by atoms with Gasteiger partial charge in [0.15, 0.2) is 0 Å². The zero-order valence-corrected chi connectivity index (χ0v) is 29.9. The van der Waals surface area contributed by atoms with Crippen LogP contribution in [0.3, 0.4) is 0 Å². The van der Waals surface area contributed by atoms with Crippen LogP contribution in [0, 0.1) is 0 Å². The lowest BCUT2D eigenvalue weighted by atomic mass is 9.96. The molecular weight excluding hydrogens is 669 g/mol. The van der Waals surface area contributed by atoms with Crippen LogP contribution < -0.4 is 4.90 Å². The normalized spacial score (nSPS) is 11.6. The van der Waals surface area contributed by atoms with E-state index in [-0.39, 0.29) is 0 Å². The molecule has 9 aromatic carbocycles. The predicted octanol–water partition coefficient (Wildman–Crippen LogP) is 14.6. The van der Waals surface area contributed by atoms with Gasteiger partial charge in [-0.3, -0.25) is 0 Å². The zero-order valence-electron chi connectivity index (χ0n) is 29.9. The van der Waals surface area contributed by atoms with Crippen molar-refractivity contribution in [3.05, 3.63) is 206 Å². The fraction of sp³-hybridized carbons (Fsp3) is 0. The standard InChI is InChI=1S/C52H34N2O/c1-2-15-35(16-3-1)38-33-34-48(41-19-5-4-18-40(38)41)53(49-26-14-28-51-52(49)44-22-9-13-27-50(44)55-51)37-31-29-36(30-32-37)39-17-6-10-23-45(39)54-46-24-11-7-20-42(46)43-21-8-12-25-47(43)54/h1-34H. The molecule has 0 saturated carbocycles. The Labute approximate surface area is 318 Å². The van der Waals surface area contributed by atoms with Crippen LogP contribution in [0.4, 0.5) is 17.1 Å². The van der Waals surface area contributed by atoms with Gasteiger partial charge in [-0.1, -0.05) is 152 Å². The zero-order chi connectivity index (χ0) is 36.3. The first-order valence-electron chi connectivity index (χ1n) is 18.8. The largest absolute Gasteiger partial charge is 0.456 e. The summed E-state index contributed by atoms with van der Waals surface area (Å²) in [4.78, 5) is 2.41. The minimum Gasteiger partial charge on any atom is -0.456 e. The Morgan fingerprint density at radius 2 is 0.927 bits per heavy atom. The van der Waals surface area contributed by atoms with Gasteiger partial charge < -0.3 is 13.9 Å². The second-order valence-corrected chi connectivity index (χ2v) is 14.1. The molecular formula is C52H34N2O. The third-order valence-electron chi connectivity index (χ3n) is 11.0. The maximum atomic E-state index is 6.44. The molecule has 0 bridgehead atoms. The summed E-state index contributed by atoms with van der Waals surface area (Å²) in [5, 5.41) is 7.08. The van der Waals surface area contributed by atoms with E-state index in [1.807, 2.05) is 6.07 Å². The molecule has 0 fully saturated rings. The van der Waals surface area contributed by atoms with Crippen LogP contribution in [0.5, 0.6) is 0 Å². The monoisotopic (exact) mass is 702 g/mol. The summed E-state index contributed by atoms with van der Waals surface area (Å²) in [6, 6.07) is 73.9. The molecule has 0 N–H and O–H groups in total. The summed E-state index contributed by atoms with van der Waals surface area (Å²) < 4.78 is 8.85. The molecule has 11 aromatic rings. The van der Waals surface area contributed by atoms with E-state index in [2.05, 4.69) is 210 Å². The summed E-state index contributed by atoms with van der Waals surface area (Å²) in [6.45, 7) is 0. The molecule has 11 rings (SSSR count). The van der Waals surface area contributed by atoms with Gasteiger partial charge in [0.2, 0.25) is 0 Å². The number of hydrogen-bond acceptors (Lipinski definition) is 2. The Hall–Kier alpha value is -7.36. The number of hydrogen-bond donors (Lipinski definition) is 0. The number of nitrogens with zero attached hydrogens (tertiary/aromatic N) is 2. The van der Waals surface area contributed by atoms with Crippen molar-refractivity contribution in [2.45, 2.75) is 0 Å². The van der Waals surface area contributed by atoms with Gasteiger partial charge in [0.1, 0.15) is 11.2 Å². The summed E-state index contributed by atoms with van der Waals surface area (Å²) in [5.74, 6) is 0. The van der Waals surface area contributed by atoms with Gasteiger partial charge in [-0.2, -0.15) is 0 Å². The lowest BCUT2D eigenvalue weighted by Gasteiger charge is -2.28. The molecule has 258 valence electrons. The average Bonchev–Trinajstić information content (AvgIpc) is 3.81. The molecule has 3 nitrogen and oxygen atoms in total. The number of furan rings is 1. The molecule has 2 aromatic heterocycles. The minimum absolute atomic E-state index is 0.866. The van der Waals surface area contributed by atoms with Gasteiger partial charge in [0.05, 0.1) is 33.5 Å². The number of aromatic nitrogens is 1. The SMILES string of the molecule is c1ccc(-c2ccc(N(c3ccc(-c4ccccc4-n4c5ccccc5c5ccccc54)cc3)c3cccc4oc5ccccc5c34)c3ccccc23)cc1. The fourth-order valence-corrected chi connectivity index (χ4v) is 8.58. The Morgan fingerprint density at radius 1 is 0.345 bits per heavy atom. The molecule has 2 heterocycles. The molecule has 0 aliphatic heterocycles. The highest BCUT2D eigenvalue weighted by atomic mass is 16.3. The Kier molecular flexibility index (Phi) is 7.17. The average molecular weight is 703 g/mol. The quantitative estimate of drug-likeness (QED) is 0.172. The van der Waals surface area contributed by atoms with Crippen molar-refractivity contribution in [1.29, 1.82) is 0 Å². The molecule has 0 unspecified atom stereocenters. The molecule has 0 saturated heterocycles. The number of para-hydroxylation sites is 4. The van der Waals surface area contributed by atoms with Gasteiger partial charge in [0, 0.05) is 32.8 Å². The highest BCUT2D eigenvalue weighted by molar-refractivity contribution is 6.15. The van der Waals surface area contributed by atoms with Crippen LogP contribution in [0.25, 0.3) is 82.5 Å². The first kappa shape index (κ1) is 31.2. The summed E-state index contributed by atoms with van der Waals surface area (Å²) in [7, 11) is 0. The molecule has 0 amide bonds.